The van der Waals surface area contributed by atoms with Crippen molar-refractivity contribution in [1.82, 2.24) is 15.5 Å². The molecule has 2 unspecified atom stereocenters. The third kappa shape index (κ3) is 4.77. The van der Waals surface area contributed by atoms with Crippen molar-refractivity contribution in [3.8, 4) is 0 Å². The first-order chi connectivity index (χ1) is 9.15. The summed E-state index contributed by atoms with van der Waals surface area (Å²) in [6, 6.07) is 0.982. The molecule has 0 spiro atoms. The zero-order chi connectivity index (χ0) is 13.7. The third-order valence-corrected chi connectivity index (χ3v) is 4.81. The van der Waals surface area contributed by atoms with Crippen molar-refractivity contribution >= 4 is 5.91 Å². The van der Waals surface area contributed by atoms with Crippen molar-refractivity contribution in [2.45, 2.75) is 57.5 Å². The fourth-order valence-electron chi connectivity index (χ4n) is 3.23. The topological polar surface area (TPSA) is 44.4 Å². The van der Waals surface area contributed by atoms with Gasteiger partial charge in [0.2, 0.25) is 5.91 Å². The van der Waals surface area contributed by atoms with Gasteiger partial charge in [-0.15, -0.1) is 0 Å². The van der Waals surface area contributed by atoms with Crippen LogP contribution in [0.1, 0.15) is 45.4 Å². The molecule has 4 nitrogen and oxygen atoms in total. The van der Waals surface area contributed by atoms with Crippen molar-refractivity contribution in [3.63, 3.8) is 0 Å². The van der Waals surface area contributed by atoms with Crippen LogP contribution in [0, 0.1) is 5.92 Å². The van der Waals surface area contributed by atoms with Gasteiger partial charge in [-0.2, -0.15) is 0 Å². The monoisotopic (exact) mass is 267 g/mol. The van der Waals surface area contributed by atoms with Crippen molar-refractivity contribution in [1.29, 1.82) is 0 Å². The van der Waals surface area contributed by atoms with E-state index in [1.165, 1.54) is 12.8 Å². The van der Waals surface area contributed by atoms with Crippen molar-refractivity contribution < 1.29 is 4.79 Å². The molecule has 0 aliphatic carbocycles. The number of piperidine rings is 2. The van der Waals surface area contributed by atoms with E-state index in [0.29, 0.717) is 18.5 Å². The molecule has 2 fully saturated rings. The van der Waals surface area contributed by atoms with Gasteiger partial charge in [0.05, 0.1) is 0 Å². The number of nitrogens with zero attached hydrogens (tertiary/aromatic N) is 1. The summed E-state index contributed by atoms with van der Waals surface area (Å²) in [7, 11) is 2.17. The summed E-state index contributed by atoms with van der Waals surface area (Å²) in [6.07, 6.45) is 6.44. The van der Waals surface area contributed by atoms with Gasteiger partial charge < -0.3 is 15.5 Å². The molecule has 2 aliphatic rings. The highest BCUT2D eigenvalue weighted by Crippen LogP contribution is 2.19. The molecular formula is C15H29N3O. The molecule has 2 atom stereocenters. The Bertz CT molecular complexity index is 289. The lowest BCUT2D eigenvalue weighted by molar-refractivity contribution is -0.122. The van der Waals surface area contributed by atoms with Gasteiger partial charge in [-0.05, 0) is 65.1 Å². The van der Waals surface area contributed by atoms with Crippen LogP contribution >= 0.6 is 0 Å². The zero-order valence-electron chi connectivity index (χ0n) is 12.5. The Kier molecular flexibility index (Phi) is 5.64. The first-order valence-electron chi connectivity index (χ1n) is 7.85. The Morgan fingerprint density at radius 1 is 1.32 bits per heavy atom. The zero-order valence-corrected chi connectivity index (χ0v) is 12.5. The number of carbonyl (C=O) groups is 1. The number of rotatable bonds is 4. The number of hydrogen-bond donors (Lipinski definition) is 2. The Labute approximate surface area is 117 Å². The number of likely N-dealkylation sites (tertiary alicyclic amines) is 1. The fourth-order valence-corrected chi connectivity index (χ4v) is 3.23. The average Bonchev–Trinajstić information content (AvgIpc) is 2.42. The average molecular weight is 267 g/mol. The fraction of sp³-hybridized carbons (Fsp3) is 0.933. The molecule has 2 aliphatic heterocycles. The van der Waals surface area contributed by atoms with Crippen LogP contribution < -0.4 is 10.6 Å². The molecule has 0 aromatic carbocycles. The van der Waals surface area contributed by atoms with Crippen LogP contribution in [0.2, 0.25) is 0 Å². The highest BCUT2D eigenvalue weighted by molar-refractivity contribution is 5.76. The third-order valence-electron chi connectivity index (χ3n) is 4.81. The molecular weight excluding hydrogens is 238 g/mol. The molecule has 2 heterocycles. The summed E-state index contributed by atoms with van der Waals surface area (Å²) in [5.74, 6) is 1.02. The molecule has 2 saturated heterocycles. The van der Waals surface area contributed by atoms with Crippen LogP contribution in [0.3, 0.4) is 0 Å². The van der Waals surface area contributed by atoms with E-state index in [1.54, 1.807) is 0 Å². The van der Waals surface area contributed by atoms with Gasteiger partial charge in [0, 0.05) is 25.0 Å². The molecule has 0 saturated carbocycles. The summed E-state index contributed by atoms with van der Waals surface area (Å²) >= 11 is 0. The second-order valence-electron chi connectivity index (χ2n) is 6.35. The molecule has 0 aromatic heterocycles. The maximum atomic E-state index is 12.0. The second kappa shape index (κ2) is 7.25. The Morgan fingerprint density at radius 2 is 2.05 bits per heavy atom. The van der Waals surface area contributed by atoms with Crippen molar-refractivity contribution in [3.05, 3.63) is 0 Å². The van der Waals surface area contributed by atoms with E-state index in [1.807, 2.05) is 0 Å². The van der Waals surface area contributed by atoms with Gasteiger partial charge in [-0.1, -0.05) is 0 Å². The predicted octanol–water partition coefficient (Wildman–Crippen LogP) is 1.37. The Balaban J connectivity index is 1.63. The maximum Gasteiger partial charge on any atom is 0.220 e. The van der Waals surface area contributed by atoms with Crippen LogP contribution in [-0.2, 0) is 4.79 Å². The summed E-state index contributed by atoms with van der Waals surface area (Å²) in [5.41, 5.74) is 0. The Hall–Kier alpha value is -0.610. The van der Waals surface area contributed by atoms with Gasteiger partial charge in [-0.3, -0.25) is 4.79 Å². The maximum absolute atomic E-state index is 12.0. The van der Waals surface area contributed by atoms with Crippen molar-refractivity contribution in [2.24, 2.45) is 5.92 Å². The van der Waals surface area contributed by atoms with E-state index < -0.39 is 0 Å². The smallest absolute Gasteiger partial charge is 0.220 e. The molecule has 110 valence electrons. The first-order valence-corrected chi connectivity index (χ1v) is 7.85. The molecule has 19 heavy (non-hydrogen) atoms. The number of carbonyl (C=O) groups excluding carboxylic acids is 1. The SMILES string of the molecule is CC1CC(NC(=O)CCC2CCNCC2)CCN1C. The molecule has 0 bridgehead atoms. The van der Waals surface area contributed by atoms with E-state index >= 15 is 0 Å². The highest BCUT2D eigenvalue weighted by Gasteiger charge is 2.24. The number of amides is 1. The predicted molar refractivity (Wildman–Crippen MR) is 78.1 cm³/mol. The minimum atomic E-state index is 0.264. The Morgan fingerprint density at radius 3 is 2.74 bits per heavy atom. The van der Waals surface area contributed by atoms with E-state index in [-0.39, 0.29) is 5.91 Å². The van der Waals surface area contributed by atoms with Gasteiger partial charge in [-0.25, -0.2) is 0 Å². The van der Waals surface area contributed by atoms with E-state index in [2.05, 4.69) is 29.5 Å². The molecule has 2 N–H and O–H groups in total. The second-order valence-corrected chi connectivity index (χ2v) is 6.35. The molecule has 0 aromatic rings. The van der Waals surface area contributed by atoms with Crippen LogP contribution in [0.5, 0.6) is 0 Å². The van der Waals surface area contributed by atoms with E-state index in [9.17, 15) is 4.79 Å². The lowest BCUT2D eigenvalue weighted by atomic mass is 9.93. The summed E-state index contributed by atoms with van der Waals surface area (Å²) < 4.78 is 0. The summed E-state index contributed by atoms with van der Waals surface area (Å²) in [4.78, 5) is 14.4. The first kappa shape index (κ1) is 14.8. The largest absolute Gasteiger partial charge is 0.353 e. The van der Waals surface area contributed by atoms with Gasteiger partial charge in [0.25, 0.3) is 0 Å². The van der Waals surface area contributed by atoms with Gasteiger partial charge in [0.15, 0.2) is 0 Å². The van der Waals surface area contributed by atoms with Crippen LogP contribution in [0.25, 0.3) is 0 Å². The van der Waals surface area contributed by atoms with Crippen LogP contribution in [0.15, 0.2) is 0 Å². The standard InChI is InChI=1S/C15H29N3O/c1-12-11-14(7-10-18(12)2)17-15(19)4-3-13-5-8-16-9-6-13/h12-14,16H,3-11H2,1-2H3,(H,17,19). The van der Waals surface area contributed by atoms with E-state index in [4.69, 9.17) is 0 Å². The number of hydrogen-bond acceptors (Lipinski definition) is 3. The molecule has 1 amide bonds. The van der Waals surface area contributed by atoms with Gasteiger partial charge in [0.1, 0.15) is 0 Å². The highest BCUT2D eigenvalue weighted by atomic mass is 16.1. The quantitative estimate of drug-likeness (QED) is 0.808. The van der Waals surface area contributed by atoms with E-state index in [0.717, 1.165) is 44.8 Å². The van der Waals surface area contributed by atoms with Crippen LogP contribution in [0.4, 0.5) is 0 Å². The molecule has 4 heteroatoms. The molecule has 2 rings (SSSR count). The van der Waals surface area contributed by atoms with Crippen molar-refractivity contribution in [2.75, 3.05) is 26.7 Å². The summed E-state index contributed by atoms with van der Waals surface area (Å²) in [6.45, 7) is 5.59. The number of nitrogens with one attached hydrogen (secondary N) is 2. The lowest BCUT2D eigenvalue weighted by Crippen LogP contribution is -2.47. The molecule has 0 radical (unpaired) electrons. The summed E-state index contributed by atoms with van der Waals surface area (Å²) in [5, 5.41) is 6.60. The van der Waals surface area contributed by atoms with Gasteiger partial charge >= 0.3 is 0 Å². The minimum Gasteiger partial charge on any atom is -0.353 e. The van der Waals surface area contributed by atoms with Crippen LogP contribution in [-0.4, -0.2) is 49.6 Å². The normalized spacial score (nSPS) is 30.2. The minimum absolute atomic E-state index is 0.264. The lowest BCUT2D eigenvalue weighted by Gasteiger charge is -2.35.